The van der Waals surface area contributed by atoms with Gasteiger partial charge < -0.3 is 10.3 Å². The summed E-state index contributed by atoms with van der Waals surface area (Å²) >= 11 is 0. The predicted molar refractivity (Wildman–Crippen MR) is 71.6 cm³/mol. The van der Waals surface area contributed by atoms with Crippen molar-refractivity contribution in [3.63, 3.8) is 0 Å². The topological polar surface area (TPSA) is 43.8 Å². The molecule has 3 nitrogen and oxygen atoms in total. The SMILES string of the molecule is Cl.Cl.NCCCCn1cccc2ccnc1-2. The molecule has 2 aliphatic rings. The third-order valence-electron chi connectivity index (χ3n) is 2.38. The van der Waals surface area contributed by atoms with Gasteiger partial charge in [0.25, 0.3) is 0 Å². The minimum atomic E-state index is 0. The van der Waals surface area contributed by atoms with E-state index in [0.717, 1.165) is 31.8 Å². The predicted octanol–water partition coefficient (Wildman–Crippen LogP) is 2.57. The van der Waals surface area contributed by atoms with E-state index < -0.39 is 0 Å². The Labute approximate surface area is 108 Å². The minimum Gasteiger partial charge on any atom is -0.333 e. The number of nitrogens with zero attached hydrogens (tertiary/aromatic N) is 2. The smallest absolute Gasteiger partial charge is 0.139 e. The van der Waals surface area contributed by atoms with Crippen LogP contribution in [0.2, 0.25) is 0 Å². The molecule has 0 saturated heterocycles. The molecule has 2 heterocycles. The van der Waals surface area contributed by atoms with Gasteiger partial charge in [-0.2, -0.15) is 0 Å². The van der Waals surface area contributed by atoms with Gasteiger partial charge in [0.1, 0.15) is 5.82 Å². The van der Waals surface area contributed by atoms with Crippen molar-refractivity contribution in [1.29, 1.82) is 0 Å². The van der Waals surface area contributed by atoms with Crippen LogP contribution in [-0.2, 0) is 6.54 Å². The van der Waals surface area contributed by atoms with Gasteiger partial charge in [0.2, 0.25) is 0 Å². The standard InChI is InChI=1S/C11H15N3.2ClH/c12-6-1-2-8-14-9-3-4-10-5-7-13-11(10)14;;/h3-5,7,9H,1-2,6,8,12H2;2*1H. The number of hydrogen-bond donors (Lipinski definition) is 1. The molecule has 2 N–H and O–H groups in total. The number of halogens is 2. The number of pyridine rings is 1. The first-order valence-corrected chi connectivity index (χ1v) is 5.02. The highest BCUT2D eigenvalue weighted by molar-refractivity contribution is 5.85. The molecule has 0 aliphatic carbocycles. The fraction of sp³-hybridized carbons (Fsp3) is 0.364. The Kier molecular flexibility index (Phi) is 7.13. The van der Waals surface area contributed by atoms with Crippen LogP contribution in [0.25, 0.3) is 11.4 Å². The summed E-state index contributed by atoms with van der Waals surface area (Å²) in [5.74, 6) is 1.07. The Morgan fingerprint density at radius 2 is 2.00 bits per heavy atom. The summed E-state index contributed by atoms with van der Waals surface area (Å²) in [5.41, 5.74) is 6.67. The molecule has 0 radical (unpaired) electrons. The molecule has 90 valence electrons. The maximum absolute atomic E-state index is 5.46. The normalized spacial score (nSPS) is 9.56. The van der Waals surface area contributed by atoms with E-state index in [2.05, 4.69) is 27.9 Å². The molecular weight excluding hydrogens is 245 g/mol. The van der Waals surface area contributed by atoms with Crippen molar-refractivity contribution in [2.24, 2.45) is 5.73 Å². The third-order valence-corrected chi connectivity index (χ3v) is 2.38. The largest absolute Gasteiger partial charge is 0.333 e. The monoisotopic (exact) mass is 261 g/mol. The Hall–Kier alpha value is -0.770. The highest BCUT2D eigenvalue weighted by Gasteiger charge is 2.05. The first kappa shape index (κ1) is 15.2. The van der Waals surface area contributed by atoms with Crippen LogP contribution >= 0.6 is 24.8 Å². The van der Waals surface area contributed by atoms with E-state index in [-0.39, 0.29) is 24.8 Å². The quantitative estimate of drug-likeness (QED) is 0.860. The molecule has 0 aromatic rings. The molecule has 5 heteroatoms. The highest BCUT2D eigenvalue weighted by atomic mass is 35.5. The van der Waals surface area contributed by atoms with Crippen molar-refractivity contribution in [2.75, 3.05) is 6.54 Å². The molecule has 0 saturated carbocycles. The molecule has 16 heavy (non-hydrogen) atoms. The van der Waals surface area contributed by atoms with Crippen molar-refractivity contribution in [2.45, 2.75) is 19.4 Å². The summed E-state index contributed by atoms with van der Waals surface area (Å²) in [6, 6.07) is 6.18. The fourth-order valence-electron chi connectivity index (χ4n) is 1.64. The molecule has 0 aromatic carbocycles. The molecule has 0 fully saturated rings. The Morgan fingerprint density at radius 3 is 2.75 bits per heavy atom. The van der Waals surface area contributed by atoms with Crippen LogP contribution in [0.15, 0.2) is 30.6 Å². The molecule has 0 unspecified atom stereocenters. The average Bonchev–Trinajstić information content (AvgIpc) is 2.67. The lowest BCUT2D eigenvalue weighted by Gasteiger charge is -2.10. The van der Waals surface area contributed by atoms with E-state index in [4.69, 9.17) is 5.73 Å². The van der Waals surface area contributed by atoms with Crippen LogP contribution in [-0.4, -0.2) is 16.1 Å². The highest BCUT2D eigenvalue weighted by Crippen LogP contribution is 2.19. The summed E-state index contributed by atoms with van der Waals surface area (Å²) in [7, 11) is 0. The summed E-state index contributed by atoms with van der Waals surface area (Å²) in [4.78, 5) is 4.33. The van der Waals surface area contributed by atoms with Crippen LogP contribution in [0.1, 0.15) is 12.8 Å². The molecule has 0 atom stereocenters. The zero-order valence-corrected chi connectivity index (χ0v) is 10.6. The fourth-order valence-corrected chi connectivity index (χ4v) is 1.64. The molecule has 0 bridgehead atoms. The molecule has 0 spiro atoms. The maximum atomic E-state index is 5.46. The summed E-state index contributed by atoms with van der Waals surface area (Å²) in [6.07, 6.45) is 6.12. The Morgan fingerprint density at radius 1 is 1.19 bits per heavy atom. The van der Waals surface area contributed by atoms with Crippen molar-refractivity contribution in [1.82, 2.24) is 9.55 Å². The van der Waals surface area contributed by atoms with Crippen molar-refractivity contribution in [3.8, 4) is 11.4 Å². The third kappa shape index (κ3) is 3.37. The zero-order valence-electron chi connectivity index (χ0n) is 9.00. The number of fused-ring (bicyclic) bond motifs is 1. The van der Waals surface area contributed by atoms with Gasteiger partial charge in [-0.3, -0.25) is 0 Å². The molecule has 0 amide bonds. The second-order valence-corrected chi connectivity index (χ2v) is 3.42. The lowest BCUT2D eigenvalue weighted by molar-refractivity contribution is 0.612. The van der Waals surface area contributed by atoms with Gasteiger partial charge in [-0.15, -0.1) is 24.8 Å². The van der Waals surface area contributed by atoms with Gasteiger partial charge in [-0.25, -0.2) is 4.98 Å². The second-order valence-electron chi connectivity index (χ2n) is 3.42. The van der Waals surface area contributed by atoms with Crippen LogP contribution in [0.4, 0.5) is 0 Å². The van der Waals surface area contributed by atoms with Gasteiger partial charge in [0.15, 0.2) is 0 Å². The Bertz CT molecular complexity index is 376. The van der Waals surface area contributed by atoms with Crippen molar-refractivity contribution < 1.29 is 0 Å². The van der Waals surface area contributed by atoms with E-state index in [1.165, 1.54) is 5.56 Å². The van der Waals surface area contributed by atoms with Gasteiger partial charge in [0, 0.05) is 24.5 Å². The number of aryl methyl sites for hydroxylation is 1. The van der Waals surface area contributed by atoms with Crippen molar-refractivity contribution >= 4 is 24.8 Å². The minimum absolute atomic E-state index is 0. The number of hydrogen-bond acceptors (Lipinski definition) is 2. The first-order chi connectivity index (χ1) is 6.92. The maximum Gasteiger partial charge on any atom is 0.139 e. The van der Waals surface area contributed by atoms with E-state index in [0.29, 0.717) is 0 Å². The van der Waals surface area contributed by atoms with Crippen LogP contribution in [0, 0.1) is 0 Å². The summed E-state index contributed by atoms with van der Waals surface area (Å²) < 4.78 is 2.19. The second kappa shape index (κ2) is 7.49. The Balaban J connectivity index is 0.00000112. The number of unbranched alkanes of at least 4 members (excludes halogenated alkanes) is 1. The first-order valence-electron chi connectivity index (χ1n) is 5.02. The van der Waals surface area contributed by atoms with Crippen LogP contribution < -0.4 is 5.73 Å². The molecule has 2 aliphatic heterocycles. The lowest BCUT2D eigenvalue weighted by Crippen LogP contribution is -2.05. The number of rotatable bonds is 4. The lowest BCUT2D eigenvalue weighted by atomic mass is 10.2. The van der Waals surface area contributed by atoms with Crippen LogP contribution in [0.3, 0.4) is 0 Å². The van der Waals surface area contributed by atoms with E-state index >= 15 is 0 Å². The van der Waals surface area contributed by atoms with Crippen molar-refractivity contribution in [3.05, 3.63) is 30.6 Å². The zero-order chi connectivity index (χ0) is 9.80. The van der Waals surface area contributed by atoms with E-state index in [9.17, 15) is 0 Å². The van der Waals surface area contributed by atoms with Gasteiger partial charge in [-0.1, -0.05) is 0 Å². The van der Waals surface area contributed by atoms with Gasteiger partial charge in [-0.05, 0) is 37.6 Å². The van der Waals surface area contributed by atoms with Gasteiger partial charge in [0.05, 0.1) is 0 Å². The molecule has 0 aromatic heterocycles. The molecule has 2 rings (SSSR count). The van der Waals surface area contributed by atoms with Crippen LogP contribution in [0.5, 0.6) is 0 Å². The average molecular weight is 262 g/mol. The number of aromatic nitrogens is 2. The van der Waals surface area contributed by atoms with Gasteiger partial charge >= 0.3 is 0 Å². The molecular formula is C11H17Cl2N3. The van der Waals surface area contributed by atoms with E-state index in [1.807, 2.05) is 12.3 Å². The number of nitrogens with two attached hydrogens (primary N) is 1. The summed E-state index contributed by atoms with van der Waals surface area (Å²) in [5, 5.41) is 0. The van der Waals surface area contributed by atoms with E-state index in [1.54, 1.807) is 0 Å². The summed E-state index contributed by atoms with van der Waals surface area (Å²) in [6.45, 7) is 1.77.